The molecule has 3 nitrogen and oxygen atoms in total. The SMILES string of the molecule is CCCCCCCCOC1CCC(C(O)C2CCCCC2)C(O)C1. The molecule has 0 aliphatic heterocycles. The summed E-state index contributed by atoms with van der Waals surface area (Å²) in [6.07, 6.45) is 15.9. The van der Waals surface area contributed by atoms with E-state index in [9.17, 15) is 10.2 Å². The van der Waals surface area contributed by atoms with E-state index < -0.39 is 0 Å². The minimum Gasteiger partial charge on any atom is -0.393 e. The van der Waals surface area contributed by atoms with Crippen LogP contribution in [0.3, 0.4) is 0 Å². The van der Waals surface area contributed by atoms with Gasteiger partial charge in [-0.1, -0.05) is 58.3 Å². The number of rotatable bonds is 10. The van der Waals surface area contributed by atoms with Crippen molar-refractivity contribution in [3.05, 3.63) is 0 Å². The minimum absolute atomic E-state index is 0.0713. The number of unbranched alkanes of at least 4 members (excludes halogenated alkanes) is 5. The summed E-state index contributed by atoms with van der Waals surface area (Å²) >= 11 is 0. The van der Waals surface area contributed by atoms with E-state index in [4.69, 9.17) is 4.74 Å². The predicted molar refractivity (Wildman–Crippen MR) is 99.0 cm³/mol. The van der Waals surface area contributed by atoms with E-state index in [1.54, 1.807) is 0 Å². The van der Waals surface area contributed by atoms with Gasteiger partial charge in [-0.25, -0.2) is 0 Å². The van der Waals surface area contributed by atoms with Crippen molar-refractivity contribution >= 4 is 0 Å². The zero-order valence-electron chi connectivity index (χ0n) is 15.8. The smallest absolute Gasteiger partial charge is 0.0621 e. The molecule has 2 fully saturated rings. The Morgan fingerprint density at radius 3 is 2.33 bits per heavy atom. The van der Waals surface area contributed by atoms with Crippen molar-refractivity contribution in [3.63, 3.8) is 0 Å². The maximum absolute atomic E-state index is 10.7. The van der Waals surface area contributed by atoms with Crippen molar-refractivity contribution < 1.29 is 14.9 Å². The second kappa shape index (κ2) is 11.5. The minimum atomic E-state index is -0.384. The van der Waals surface area contributed by atoms with Crippen molar-refractivity contribution in [2.75, 3.05) is 6.61 Å². The molecular formula is C21H40O3. The highest BCUT2D eigenvalue weighted by molar-refractivity contribution is 4.88. The highest BCUT2D eigenvalue weighted by Crippen LogP contribution is 2.36. The summed E-state index contributed by atoms with van der Waals surface area (Å²) < 4.78 is 5.99. The molecule has 2 rings (SSSR count). The largest absolute Gasteiger partial charge is 0.393 e. The molecular weight excluding hydrogens is 300 g/mol. The third-order valence-corrected chi connectivity index (χ3v) is 6.24. The van der Waals surface area contributed by atoms with Crippen LogP contribution in [-0.2, 0) is 4.74 Å². The highest BCUT2D eigenvalue weighted by atomic mass is 16.5. The first-order valence-corrected chi connectivity index (χ1v) is 10.7. The monoisotopic (exact) mass is 340 g/mol. The van der Waals surface area contributed by atoms with Crippen molar-refractivity contribution in [1.82, 2.24) is 0 Å². The topological polar surface area (TPSA) is 49.7 Å². The van der Waals surface area contributed by atoms with Crippen LogP contribution >= 0.6 is 0 Å². The van der Waals surface area contributed by atoms with Gasteiger partial charge in [0.1, 0.15) is 0 Å². The van der Waals surface area contributed by atoms with E-state index in [0.717, 1.165) is 38.7 Å². The molecule has 2 aliphatic rings. The molecule has 4 unspecified atom stereocenters. The molecule has 0 aromatic rings. The maximum Gasteiger partial charge on any atom is 0.0621 e. The molecule has 2 N–H and O–H groups in total. The van der Waals surface area contributed by atoms with E-state index in [1.165, 1.54) is 51.4 Å². The van der Waals surface area contributed by atoms with Crippen LogP contribution in [0.2, 0.25) is 0 Å². The Morgan fingerprint density at radius 2 is 1.62 bits per heavy atom. The molecule has 0 aromatic heterocycles. The average molecular weight is 341 g/mol. The van der Waals surface area contributed by atoms with Gasteiger partial charge in [0.25, 0.3) is 0 Å². The van der Waals surface area contributed by atoms with Gasteiger partial charge in [0.15, 0.2) is 0 Å². The Morgan fingerprint density at radius 1 is 0.917 bits per heavy atom. The van der Waals surface area contributed by atoms with Gasteiger partial charge in [-0.3, -0.25) is 0 Å². The Kier molecular flexibility index (Phi) is 9.67. The third-order valence-electron chi connectivity index (χ3n) is 6.24. The van der Waals surface area contributed by atoms with Crippen molar-refractivity contribution in [3.8, 4) is 0 Å². The summed E-state index contributed by atoms with van der Waals surface area (Å²) in [5.41, 5.74) is 0. The molecule has 0 saturated heterocycles. The first kappa shape index (κ1) is 20.2. The average Bonchev–Trinajstić information content (AvgIpc) is 2.61. The molecule has 3 heteroatoms. The lowest BCUT2D eigenvalue weighted by Crippen LogP contribution is -2.43. The lowest BCUT2D eigenvalue weighted by Gasteiger charge is -2.39. The van der Waals surface area contributed by atoms with Gasteiger partial charge in [-0.15, -0.1) is 0 Å². The molecule has 0 spiro atoms. The fraction of sp³-hybridized carbons (Fsp3) is 1.00. The number of aliphatic hydroxyl groups excluding tert-OH is 2. The van der Waals surface area contributed by atoms with Gasteiger partial charge in [0.2, 0.25) is 0 Å². The van der Waals surface area contributed by atoms with Gasteiger partial charge in [0, 0.05) is 12.5 Å². The van der Waals surface area contributed by atoms with Crippen molar-refractivity contribution in [2.24, 2.45) is 11.8 Å². The number of aliphatic hydroxyl groups is 2. The number of hydrogen-bond donors (Lipinski definition) is 2. The zero-order valence-corrected chi connectivity index (χ0v) is 15.8. The predicted octanol–water partition coefficient (Wildman–Crippen LogP) is 4.83. The normalized spacial score (nSPS) is 30.4. The molecule has 0 heterocycles. The van der Waals surface area contributed by atoms with E-state index in [1.807, 2.05) is 0 Å². The summed E-state index contributed by atoms with van der Waals surface area (Å²) in [7, 11) is 0. The Balaban J connectivity index is 1.60. The lowest BCUT2D eigenvalue weighted by molar-refractivity contribution is -0.0880. The second-order valence-corrected chi connectivity index (χ2v) is 8.19. The summed E-state index contributed by atoms with van der Waals surface area (Å²) in [5.74, 6) is 0.487. The van der Waals surface area contributed by atoms with E-state index in [-0.39, 0.29) is 24.2 Å². The zero-order chi connectivity index (χ0) is 17.2. The van der Waals surface area contributed by atoms with Crippen molar-refractivity contribution in [1.29, 1.82) is 0 Å². The molecule has 0 aromatic carbocycles. The molecule has 24 heavy (non-hydrogen) atoms. The van der Waals surface area contributed by atoms with Gasteiger partial charge in [-0.2, -0.15) is 0 Å². The van der Waals surface area contributed by atoms with E-state index in [2.05, 4.69) is 6.92 Å². The highest BCUT2D eigenvalue weighted by Gasteiger charge is 2.37. The Hall–Kier alpha value is -0.120. The molecule has 0 radical (unpaired) electrons. The van der Waals surface area contributed by atoms with Crippen LogP contribution in [0.1, 0.15) is 96.8 Å². The Labute approximate surface area is 149 Å². The summed E-state index contributed by atoms with van der Waals surface area (Å²) in [5, 5.41) is 21.2. The van der Waals surface area contributed by atoms with Crippen LogP contribution in [0.5, 0.6) is 0 Å². The molecule has 2 aliphatic carbocycles. The molecule has 4 atom stereocenters. The van der Waals surface area contributed by atoms with Gasteiger partial charge in [0.05, 0.1) is 18.3 Å². The van der Waals surface area contributed by atoms with Gasteiger partial charge in [-0.05, 0) is 44.4 Å². The first-order valence-electron chi connectivity index (χ1n) is 10.7. The van der Waals surface area contributed by atoms with Crippen LogP contribution in [0.4, 0.5) is 0 Å². The van der Waals surface area contributed by atoms with Crippen LogP contribution in [0, 0.1) is 11.8 Å². The summed E-state index contributed by atoms with van der Waals surface area (Å²) in [6, 6.07) is 0. The van der Waals surface area contributed by atoms with E-state index >= 15 is 0 Å². The summed E-state index contributed by atoms with van der Waals surface area (Å²) in [6.45, 7) is 3.08. The molecule has 2 saturated carbocycles. The first-order chi connectivity index (χ1) is 11.7. The van der Waals surface area contributed by atoms with Crippen LogP contribution in [-0.4, -0.2) is 35.1 Å². The van der Waals surface area contributed by atoms with Crippen molar-refractivity contribution in [2.45, 2.75) is 115 Å². The fourth-order valence-electron chi connectivity index (χ4n) is 4.64. The molecule has 0 amide bonds. The fourth-order valence-corrected chi connectivity index (χ4v) is 4.64. The second-order valence-electron chi connectivity index (χ2n) is 8.19. The van der Waals surface area contributed by atoms with Gasteiger partial charge >= 0.3 is 0 Å². The van der Waals surface area contributed by atoms with Crippen LogP contribution in [0.15, 0.2) is 0 Å². The lowest BCUT2D eigenvalue weighted by atomic mass is 9.73. The Bertz CT molecular complexity index is 314. The maximum atomic E-state index is 10.7. The quantitative estimate of drug-likeness (QED) is 0.560. The standard InChI is InChI=1S/C21H40O3/c1-2-3-4-5-6-10-15-24-18-13-14-19(20(22)16-18)21(23)17-11-8-7-9-12-17/h17-23H,2-16H2,1H3. The number of hydrogen-bond acceptors (Lipinski definition) is 3. The van der Waals surface area contributed by atoms with Crippen LogP contribution < -0.4 is 0 Å². The molecule has 0 bridgehead atoms. The third kappa shape index (κ3) is 6.65. The van der Waals surface area contributed by atoms with Crippen LogP contribution in [0.25, 0.3) is 0 Å². The number of ether oxygens (including phenoxy) is 1. The van der Waals surface area contributed by atoms with E-state index in [0.29, 0.717) is 12.3 Å². The van der Waals surface area contributed by atoms with Gasteiger partial charge < -0.3 is 14.9 Å². The summed E-state index contributed by atoms with van der Waals surface area (Å²) in [4.78, 5) is 0. The molecule has 142 valence electrons.